The van der Waals surface area contributed by atoms with E-state index in [2.05, 4.69) is 10.3 Å². The minimum Gasteiger partial charge on any atom is -0.309 e. The van der Waals surface area contributed by atoms with Gasteiger partial charge in [0.1, 0.15) is 11.6 Å². The van der Waals surface area contributed by atoms with E-state index in [4.69, 9.17) is 11.6 Å². The first-order valence-corrected chi connectivity index (χ1v) is 11.0. The van der Waals surface area contributed by atoms with Crippen LogP contribution in [0.5, 0.6) is 0 Å². The molecule has 1 amide bonds. The Hall–Kier alpha value is -2.07. The number of aromatic nitrogens is 1. The Morgan fingerprint density at radius 1 is 1.14 bits per heavy atom. The molecule has 1 N–H and O–H groups in total. The second-order valence-electron chi connectivity index (χ2n) is 6.77. The molecular formula is C19H22ClFN4O3S. The van der Waals surface area contributed by atoms with Gasteiger partial charge in [0.25, 0.3) is 0 Å². The third kappa shape index (κ3) is 5.30. The number of carbonyl (C=O) groups excluding carboxylic acids is 1. The molecular weight excluding hydrogens is 419 g/mol. The summed E-state index contributed by atoms with van der Waals surface area (Å²) in [5.74, 6) is -0.308. The number of rotatable bonds is 5. The van der Waals surface area contributed by atoms with Crippen molar-refractivity contribution in [3.8, 4) is 0 Å². The van der Waals surface area contributed by atoms with Gasteiger partial charge in [0.15, 0.2) is 0 Å². The molecule has 0 saturated carbocycles. The lowest BCUT2D eigenvalue weighted by Gasteiger charge is -2.26. The van der Waals surface area contributed by atoms with Crippen LogP contribution in [0.25, 0.3) is 0 Å². The van der Waals surface area contributed by atoms with Crippen molar-refractivity contribution in [2.75, 3.05) is 31.5 Å². The fourth-order valence-corrected chi connectivity index (χ4v) is 4.72. The number of pyridine rings is 1. The maximum atomic E-state index is 13.1. The van der Waals surface area contributed by atoms with Crippen LogP contribution in [0.15, 0.2) is 47.5 Å². The minimum atomic E-state index is -3.71. The molecule has 1 atom stereocenters. The highest BCUT2D eigenvalue weighted by Crippen LogP contribution is 2.19. The topological polar surface area (TPSA) is 82.6 Å². The summed E-state index contributed by atoms with van der Waals surface area (Å²) in [5, 5.41) is 3.22. The van der Waals surface area contributed by atoms with Crippen LogP contribution in [-0.2, 0) is 14.8 Å². The molecule has 1 aliphatic heterocycles. The van der Waals surface area contributed by atoms with E-state index >= 15 is 0 Å². The second kappa shape index (κ2) is 9.17. The van der Waals surface area contributed by atoms with Crippen molar-refractivity contribution in [1.82, 2.24) is 14.2 Å². The van der Waals surface area contributed by atoms with E-state index in [1.807, 2.05) is 4.90 Å². The van der Waals surface area contributed by atoms with Crippen LogP contribution < -0.4 is 5.32 Å². The molecule has 2 aromatic rings. The molecule has 1 unspecified atom stereocenters. The normalized spacial score (nSPS) is 17.5. The van der Waals surface area contributed by atoms with E-state index in [1.54, 1.807) is 19.1 Å². The Balaban J connectivity index is 1.63. The van der Waals surface area contributed by atoms with Crippen LogP contribution in [0.4, 0.5) is 10.2 Å². The molecule has 1 aromatic carbocycles. The van der Waals surface area contributed by atoms with Crippen LogP contribution in [-0.4, -0.2) is 60.7 Å². The summed E-state index contributed by atoms with van der Waals surface area (Å²) >= 11 is 5.80. The molecule has 1 saturated heterocycles. The second-order valence-corrected chi connectivity index (χ2v) is 9.15. The zero-order chi connectivity index (χ0) is 21.0. The Bertz CT molecular complexity index is 954. The number of benzene rings is 1. The Kier molecular flexibility index (Phi) is 6.84. The van der Waals surface area contributed by atoms with E-state index in [-0.39, 0.29) is 17.3 Å². The first kappa shape index (κ1) is 21.6. The summed E-state index contributed by atoms with van der Waals surface area (Å²) < 4.78 is 40.1. The third-order valence-corrected chi connectivity index (χ3v) is 6.98. The van der Waals surface area contributed by atoms with E-state index in [1.165, 1.54) is 22.6 Å². The maximum Gasteiger partial charge on any atom is 0.243 e. The molecule has 1 fully saturated rings. The smallest absolute Gasteiger partial charge is 0.243 e. The fraction of sp³-hybridized carbons (Fsp3) is 0.368. The van der Waals surface area contributed by atoms with Crippen molar-refractivity contribution in [3.63, 3.8) is 0 Å². The Labute approximate surface area is 174 Å². The van der Waals surface area contributed by atoms with Gasteiger partial charge in [0, 0.05) is 32.4 Å². The first-order chi connectivity index (χ1) is 13.8. The number of carbonyl (C=O) groups is 1. The van der Waals surface area contributed by atoms with E-state index in [9.17, 15) is 17.6 Å². The number of hydrogen-bond acceptors (Lipinski definition) is 5. The Morgan fingerprint density at radius 2 is 1.86 bits per heavy atom. The standard InChI is InChI=1S/C19H22ClFN4O3S/c1-14(19(26)23-18-8-3-15(20)13-22-18)24-9-2-10-25(12-11-24)29(27,28)17-6-4-16(21)5-7-17/h3-8,13-14H,2,9-12H2,1H3,(H,22,23,26). The van der Waals surface area contributed by atoms with Gasteiger partial charge in [0.2, 0.25) is 15.9 Å². The summed E-state index contributed by atoms with van der Waals surface area (Å²) in [6.07, 6.45) is 2.03. The molecule has 0 spiro atoms. The third-order valence-electron chi connectivity index (χ3n) is 4.85. The lowest BCUT2D eigenvalue weighted by molar-refractivity contribution is -0.120. The molecule has 2 heterocycles. The molecule has 7 nitrogen and oxygen atoms in total. The van der Waals surface area contributed by atoms with E-state index < -0.39 is 21.9 Å². The molecule has 3 rings (SSSR count). The molecule has 0 bridgehead atoms. The number of sulfonamides is 1. The van der Waals surface area contributed by atoms with Gasteiger partial charge < -0.3 is 5.32 Å². The number of anilines is 1. The number of nitrogens with zero attached hydrogens (tertiary/aromatic N) is 3. The summed E-state index contributed by atoms with van der Waals surface area (Å²) in [6, 6.07) is 7.60. The zero-order valence-electron chi connectivity index (χ0n) is 15.9. The van der Waals surface area contributed by atoms with Crippen molar-refractivity contribution < 1.29 is 17.6 Å². The predicted molar refractivity (Wildman–Crippen MR) is 109 cm³/mol. The Morgan fingerprint density at radius 3 is 2.52 bits per heavy atom. The first-order valence-electron chi connectivity index (χ1n) is 9.19. The molecule has 1 aromatic heterocycles. The van der Waals surface area contributed by atoms with Crippen molar-refractivity contribution >= 4 is 33.3 Å². The minimum absolute atomic E-state index is 0.0620. The highest BCUT2D eigenvalue weighted by molar-refractivity contribution is 7.89. The maximum absolute atomic E-state index is 13.1. The van der Waals surface area contributed by atoms with Crippen LogP contribution in [0.3, 0.4) is 0 Å². The number of halogens is 2. The van der Waals surface area contributed by atoms with Gasteiger partial charge in [-0.15, -0.1) is 0 Å². The van der Waals surface area contributed by atoms with E-state index in [0.717, 1.165) is 12.1 Å². The molecule has 1 aliphatic rings. The quantitative estimate of drug-likeness (QED) is 0.772. The summed E-state index contributed by atoms with van der Waals surface area (Å²) in [5.41, 5.74) is 0. The van der Waals surface area contributed by atoms with Crippen molar-refractivity contribution in [1.29, 1.82) is 0 Å². The van der Waals surface area contributed by atoms with Crippen LogP contribution >= 0.6 is 11.6 Å². The van der Waals surface area contributed by atoms with Crippen molar-refractivity contribution in [2.45, 2.75) is 24.3 Å². The molecule has 0 radical (unpaired) electrons. The average Bonchev–Trinajstić information content (AvgIpc) is 2.96. The summed E-state index contributed by atoms with van der Waals surface area (Å²) in [6.45, 7) is 3.34. The largest absolute Gasteiger partial charge is 0.309 e. The van der Waals surface area contributed by atoms with Gasteiger partial charge in [-0.05, 0) is 49.7 Å². The number of amides is 1. The number of nitrogens with one attached hydrogen (secondary N) is 1. The SMILES string of the molecule is CC(C(=O)Nc1ccc(Cl)cn1)N1CCCN(S(=O)(=O)c2ccc(F)cc2)CC1. The summed E-state index contributed by atoms with van der Waals surface area (Å²) in [4.78, 5) is 18.6. The fourth-order valence-electron chi connectivity index (χ4n) is 3.14. The van der Waals surface area contributed by atoms with Gasteiger partial charge >= 0.3 is 0 Å². The van der Waals surface area contributed by atoms with Crippen LogP contribution in [0.1, 0.15) is 13.3 Å². The average molecular weight is 441 g/mol. The monoisotopic (exact) mass is 440 g/mol. The molecule has 0 aliphatic carbocycles. The van der Waals surface area contributed by atoms with Crippen LogP contribution in [0.2, 0.25) is 5.02 Å². The summed E-state index contributed by atoms with van der Waals surface area (Å²) in [7, 11) is -3.71. The highest BCUT2D eigenvalue weighted by Gasteiger charge is 2.30. The van der Waals surface area contributed by atoms with Gasteiger partial charge in [0.05, 0.1) is 16.0 Å². The highest BCUT2D eigenvalue weighted by atomic mass is 35.5. The molecule has 29 heavy (non-hydrogen) atoms. The zero-order valence-corrected chi connectivity index (χ0v) is 17.5. The lowest BCUT2D eigenvalue weighted by Crippen LogP contribution is -2.44. The molecule has 156 valence electrons. The van der Waals surface area contributed by atoms with Crippen molar-refractivity contribution in [3.05, 3.63) is 53.4 Å². The van der Waals surface area contributed by atoms with Gasteiger partial charge in [-0.2, -0.15) is 4.31 Å². The van der Waals surface area contributed by atoms with Gasteiger partial charge in [-0.1, -0.05) is 11.6 Å². The predicted octanol–water partition coefficient (Wildman–Crippen LogP) is 2.60. The number of hydrogen-bond donors (Lipinski definition) is 1. The van der Waals surface area contributed by atoms with Crippen LogP contribution in [0, 0.1) is 5.82 Å². The van der Waals surface area contributed by atoms with Gasteiger partial charge in [-0.25, -0.2) is 17.8 Å². The van der Waals surface area contributed by atoms with Gasteiger partial charge in [-0.3, -0.25) is 9.69 Å². The van der Waals surface area contributed by atoms with E-state index in [0.29, 0.717) is 36.9 Å². The molecule has 10 heteroatoms. The van der Waals surface area contributed by atoms with Crippen molar-refractivity contribution in [2.24, 2.45) is 0 Å². The lowest BCUT2D eigenvalue weighted by atomic mass is 10.2.